The van der Waals surface area contributed by atoms with Crippen molar-refractivity contribution in [2.45, 2.75) is 141 Å². The number of carbonyl (C=O) groups excluding carboxylic acids is 6. The van der Waals surface area contributed by atoms with Crippen molar-refractivity contribution >= 4 is 47.4 Å². The Morgan fingerprint density at radius 2 is 1.39 bits per heavy atom. The lowest BCUT2D eigenvalue weighted by molar-refractivity contribution is -0.286. The molecule has 2 heterocycles. The highest BCUT2D eigenvalue weighted by Crippen LogP contribution is 2.64. The molecule has 286 valence electrons. The fourth-order valence-electron chi connectivity index (χ4n) is 8.22. The maximum atomic E-state index is 13.5. The molecule has 14 nitrogen and oxygen atoms in total. The number of hydrogen-bond acceptors (Lipinski definition) is 14. The van der Waals surface area contributed by atoms with Gasteiger partial charge in [0.05, 0.1) is 23.3 Å². The van der Waals surface area contributed by atoms with E-state index in [0.29, 0.717) is 5.57 Å². The first kappa shape index (κ1) is 40.5. The molecule has 12 atom stereocenters. The third kappa shape index (κ3) is 7.64. The predicted molar refractivity (Wildman–Crippen MR) is 178 cm³/mol. The van der Waals surface area contributed by atoms with Gasteiger partial charge < -0.3 is 38.3 Å². The molecular formula is C36H51ClO14. The summed E-state index contributed by atoms with van der Waals surface area (Å²) >= 11 is 6.90. The quantitative estimate of drug-likeness (QED) is 0.119. The second-order valence-corrected chi connectivity index (χ2v) is 15.8. The molecule has 51 heavy (non-hydrogen) atoms. The smallest absolute Gasteiger partial charge is 0.312 e. The fourth-order valence-corrected chi connectivity index (χ4v) is 8.58. The molecule has 2 saturated heterocycles. The topological polar surface area (TPSA) is 191 Å². The summed E-state index contributed by atoms with van der Waals surface area (Å²) in [5.74, 6) is -7.73. The van der Waals surface area contributed by atoms with Gasteiger partial charge in [0, 0.05) is 39.5 Å². The van der Waals surface area contributed by atoms with E-state index >= 15 is 0 Å². The van der Waals surface area contributed by atoms with Crippen molar-refractivity contribution in [3.63, 3.8) is 0 Å². The molecule has 2 aliphatic carbocycles. The van der Waals surface area contributed by atoms with Gasteiger partial charge in [-0.2, -0.15) is 0 Å². The van der Waals surface area contributed by atoms with Crippen molar-refractivity contribution < 1.29 is 67.0 Å². The van der Waals surface area contributed by atoms with Crippen LogP contribution < -0.4 is 0 Å². The molecule has 0 radical (unpaired) electrons. The molecule has 1 N–H and O–H groups in total. The van der Waals surface area contributed by atoms with Crippen molar-refractivity contribution in [3.8, 4) is 0 Å². The molecule has 1 spiro atoms. The highest BCUT2D eigenvalue weighted by atomic mass is 35.5. The molecule has 2 saturated carbocycles. The van der Waals surface area contributed by atoms with Gasteiger partial charge in [-0.1, -0.05) is 46.8 Å². The van der Waals surface area contributed by atoms with Gasteiger partial charge in [-0.3, -0.25) is 28.8 Å². The number of alkyl halides is 1. The van der Waals surface area contributed by atoms with Crippen LogP contribution in [0.4, 0.5) is 0 Å². The Morgan fingerprint density at radius 1 is 0.882 bits per heavy atom. The van der Waals surface area contributed by atoms with Crippen LogP contribution in [-0.2, 0) is 61.9 Å². The summed E-state index contributed by atoms with van der Waals surface area (Å²) in [6.45, 7) is 17.5. The minimum absolute atomic E-state index is 0.00557. The van der Waals surface area contributed by atoms with Crippen LogP contribution in [0.3, 0.4) is 0 Å². The summed E-state index contributed by atoms with van der Waals surface area (Å²) in [7, 11) is 0. The van der Waals surface area contributed by atoms with E-state index in [-0.39, 0.29) is 44.1 Å². The van der Waals surface area contributed by atoms with Gasteiger partial charge in [-0.15, -0.1) is 11.6 Å². The van der Waals surface area contributed by atoms with Gasteiger partial charge in [0.25, 0.3) is 0 Å². The van der Waals surface area contributed by atoms with Crippen LogP contribution in [-0.4, -0.2) is 101 Å². The number of epoxide rings is 1. The Balaban J connectivity index is 2.13. The Hall–Kier alpha value is -3.23. The minimum Gasteiger partial charge on any atom is -0.462 e. The maximum absolute atomic E-state index is 13.5. The van der Waals surface area contributed by atoms with Gasteiger partial charge in [0.2, 0.25) is 0 Å². The molecule has 4 rings (SSSR count). The number of esters is 6. The zero-order valence-corrected chi connectivity index (χ0v) is 31.5. The van der Waals surface area contributed by atoms with Crippen molar-refractivity contribution in [2.24, 2.45) is 29.1 Å². The molecular weight excluding hydrogens is 692 g/mol. The zero-order chi connectivity index (χ0) is 38.4. The number of rotatable bonds is 9. The van der Waals surface area contributed by atoms with Gasteiger partial charge in [-0.05, 0) is 31.6 Å². The summed E-state index contributed by atoms with van der Waals surface area (Å²) in [4.78, 5) is 79.3. The van der Waals surface area contributed by atoms with Crippen LogP contribution in [0.1, 0.15) is 88.0 Å². The van der Waals surface area contributed by atoms with E-state index in [1.807, 2.05) is 0 Å². The number of fused-ring (bicyclic) bond motifs is 3. The third-order valence-corrected chi connectivity index (χ3v) is 11.1. The molecule has 15 heteroatoms. The Labute approximate surface area is 303 Å². The number of carbonyl (C=O) groups is 6. The summed E-state index contributed by atoms with van der Waals surface area (Å²) in [6, 6.07) is 0. The van der Waals surface area contributed by atoms with E-state index in [1.54, 1.807) is 34.6 Å². The Bertz CT molecular complexity index is 1420. The van der Waals surface area contributed by atoms with Crippen LogP contribution >= 0.6 is 11.6 Å². The van der Waals surface area contributed by atoms with Crippen LogP contribution in [0.15, 0.2) is 12.2 Å². The number of halogens is 1. The van der Waals surface area contributed by atoms with E-state index in [2.05, 4.69) is 6.58 Å². The summed E-state index contributed by atoms with van der Waals surface area (Å²) in [5, 5.41) is 11.7. The predicted octanol–water partition coefficient (Wildman–Crippen LogP) is 3.35. The fraction of sp³-hybridized carbons (Fsp3) is 0.778. The largest absolute Gasteiger partial charge is 0.462 e. The van der Waals surface area contributed by atoms with E-state index < -0.39 is 106 Å². The Kier molecular flexibility index (Phi) is 11.9. The second kappa shape index (κ2) is 15.0. The molecule has 0 aromatic rings. The molecule has 0 bridgehead atoms. The normalized spacial score (nSPS) is 39.0. The van der Waals surface area contributed by atoms with Crippen LogP contribution in [0.25, 0.3) is 0 Å². The first-order chi connectivity index (χ1) is 23.6. The lowest BCUT2D eigenvalue weighted by atomic mass is 9.51. The third-order valence-electron chi connectivity index (χ3n) is 10.5. The molecule has 0 amide bonds. The van der Waals surface area contributed by atoms with Gasteiger partial charge in [0.15, 0.2) is 30.0 Å². The first-order valence-corrected chi connectivity index (χ1v) is 17.8. The molecule has 0 aromatic carbocycles. The number of ether oxygens (including phenoxy) is 7. The SMILES string of the molecule is C=C1CC[C@H](OC(C)=O)[C@@]2(C)[C@@H](OC(C)=O)[C@@H](OC(=O)CC(C)C)[C@@H](OC(=O)CC(C)C)[C@]3(CO3)[C@@H]2C(OC(C)=O)[C@]2(O)[C@@H](C)C(=O)O[C@H]2[C@H]1Cl. The van der Waals surface area contributed by atoms with E-state index in [1.165, 1.54) is 13.8 Å². The second-order valence-electron chi connectivity index (χ2n) is 15.4. The maximum Gasteiger partial charge on any atom is 0.312 e. The summed E-state index contributed by atoms with van der Waals surface area (Å²) < 4.78 is 42.3. The van der Waals surface area contributed by atoms with Crippen LogP contribution in [0, 0.1) is 29.1 Å². The number of aliphatic hydroxyl groups is 1. The van der Waals surface area contributed by atoms with Crippen molar-refractivity contribution in [1.82, 2.24) is 0 Å². The summed E-state index contributed by atoms with van der Waals surface area (Å²) in [5.41, 5.74) is -5.57. The highest BCUT2D eigenvalue weighted by molar-refractivity contribution is 6.23. The monoisotopic (exact) mass is 742 g/mol. The summed E-state index contributed by atoms with van der Waals surface area (Å²) in [6.07, 6.45) is -9.16. The minimum atomic E-state index is -2.39. The van der Waals surface area contributed by atoms with Crippen molar-refractivity contribution in [2.75, 3.05) is 6.61 Å². The van der Waals surface area contributed by atoms with Crippen molar-refractivity contribution in [1.29, 1.82) is 0 Å². The number of hydrogen-bond donors (Lipinski definition) is 1. The van der Waals surface area contributed by atoms with Gasteiger partial charge >= 0.3 is 35.8 Å². The average molecular weight is 743 g/mol. The molecule has 4 fully saturated rings. The van der Waals surface area contributed by atoms with Crippen LogP contribution in [0.5, 0.6) is 0 Å². The molecule has 2 aliphatic heterocycles. The lowest BCUT2D eigenvalue weighted by Gasteiger charge is -2.60. The van der Waals surface area contributed by atoms with Crippen LogP contribution in [0.2, 0.25) is 0 Å². The van der Waals surface area contributed by atoms with Crippen molar-refractivity contribution in [3.05, 3.63) is 12.2 Å². The average Bonchev–Trinajstić information content (AvgIpc) is 3.74. The molecule has 0 aromatic heterocycles. The van der Waals surface area contributed by atoms with E-state index in [4.69, 9.17) is 44.8 Å². The standard InChI is InChI=1S/C36H51ClO14/c1-16(2)13-24(41)49-27-30(47-21(8)39)34(10)23(46-20(7)38)12-11-18(5)26(37)29-36(44,19(6)33(43)51-29)32(48-22(9)40)28(34)35(15-45-35)31(27)50-25(42)14-17(3)4/h16-17,19,23,26-32,44H,5,11-15H2,1-4,6-10H3/t19-,23-,26-,27+,28+,29-,30-,31+,32?,34+,35-,36-/m0/s1. The van der Waals surface area contributed by atoms with E-state index in [9.17, 15) is 33.9 Å². The lowest BCUT2D eigenvalue weighted by Crippen LogP contribution is -2.76. The molecule has 4 aliphatic rings. The van der Waals surface area contributed by atoms with Gasteiger partial charge in [-0.25, -0.2) is 0 Å². The van der Waals surface area contributed by atoms with Gasteiger partial charge in [0.1, 0.15) is 17.8 Å². The molecule has 1 unspecified atom stereocenters. The van der Waals surface area contributed by atoms with E-state index in [0.717, 1.165) is 13.8 Å². The zero-order valence-electron chi connectivity index (χ0n) is 30.7. The Morgan fingerprint density at radius 3 is 1.88 bits per heavy atom. The first-order valence-electron chi connectivity index (χ1n) is 17.4. The highest BCUT2D eigenvalue weighted by Gasteiger charge is 2.81.